The number of unbranched alkanes of at least 4 members (excludes halogenated alkanes) is 1. The Morgan fingerprint density at radius 1 is 1.47 bits per heavy atom. The maximum Gasteiger partial charge on any atom is 0.339 e. The summed E-state index contributed by atoms with van der Waals surface area (Å²) in [7, 11) is 1.50. The molecule has 0 amide bonds. The summed E-state index contributed by atoms with van der Waals surface area (Å²) in [4.78, 5) is 10.9. The van der Waals surface area contributed by atoms with Crippen LogP contribution >= 0.6 is 11.8 Å². The lowest BCUT2D eigenvalue weighted by Gasteiger charge is -2.07. The van der Waals surface area contributed by atoms with E-state index in [9.17, 15) is 4.79 Å². The Labute approximate surface area is 106 Å². The largest absolute Gasteiger partial charge is 0.496 e. The van der Waals surface area contributed by atoms with Gasteiger partial charge in [0.15, 0.2) is 0 Å². The van der Waals surface area contributed by atoms with Crippen molar-refractivity contribution in [1.29, 1.82) is 0 Å². The van der Waals surface area contributed by atoms with E-state index in [0.717, 1.165) is 17.1 Å². The third-order valence-electron chi connectivity index (χ3n) is 2.41. The molecule has 0 spiro atoms. The number of carboxylic acids is 1. The highest BCUT2D eigenvalue weighted by Gasteiger charge is 2.10. The molecule has 0 fully saturated rings. The van der Waals surface area contributed by atoms with Crippen LogP contribution in [0.3, 0.4) is 0 Å². The fourth-order valence-electron chi connectivity index (χ4n) is 1.44. The van der Waals surface area contributed by atoms with Gasteiger partial charge in [-0.05, 0) is 29.9 Å². The van der Waals surface area contributed by atoms with E-state index in [4.69, 9.17) is 9.84 Å². The third kappa shape index (κ3) is 4.30. The molecule has 3 nitrogen and oxygen atoms in total. The fourth-order valence-corrected chi connectivity index (χ4v) is 2.49. The summed E-state index contributed by atoms with van der Waals surface area (Å²) in [6, 6.07) is 5.27. The zero-order chi connectivity index (χ0) is 12.7. The van der Waals surface area contributed by atoms with Crippen LogP contribution in [0.15, 0.2) is 18.2 Å². The summed E-state index contributed by atoms with van der Waals surface area (Å²) in [6.07, 6.45) is 2.42. The molecule has 1 aromatic rings. The van der Waals surface area contributed by atoms with Gasteiger partial charge in [-0.3, -0.25) is 0 Å². The number of ether oxygens (including phenoxy) is 1. The number of rotatable bonds is 7. The van der Waals surface area contributed by atoms with E-state index >= 15 is 0 Å². The molecule has 0 radical (unpaired) electrons. The van der Waals surface area contributed by atoms with E-state index in [0.29, 0.717) is 5.75 Å². The van der Waals surface area contributed by atoms with Crippen LogP contribution in [0.5, 0.6) is 5.75 Å². The summed E-state index contributed by atoms with van der Waals surface area (Å²) >= 11 is 1.86. The van der Waals surface area contributed by atoms with Crippen molar-refractivity contribution in [2.75, 3.05) is 12.9 Å². The first-order chi connectivity index (χ1) is 8.19. The molecule has 0 aliphatic carbocycles. The molecule has 1 aromatic carbocycles. The second-order valence-corrected chi connectivity index (χ2v) is 4.85. The molecule has 0 atom stereocenters. The monoisotopic (exact) mass is 254 g/mol. The van der Waals surface area contributed by atoms with Gasteiger partial charge >= 0.3 is 5.97 Å². The quantitative estimate of drug-likeness (QED) is 0.757. The molecule has 0 bridgehead atoms. The van der Waals surface area contributed by atoms with Gasteiger partial charge in [-0.25, -0.2) is 4.79 Å². The van der Waals surface area contributed by atoms with Crippen LogP contribution in [0.2, 0.25) is 0 Å². The summed E-state index contributed by atoms with van der Waals surface area (Å²) in [5.41, 5.74) is 1.32. The van der Waals surface area contributed by atoms with Crippen molar-refractivity contribution in [3.63, 3.8) is 0 Å². The molecule has 1 N–H and O–H groups in total. The van der Waals surface area contributed by atoms with Crippen LogP contribution in [-0.2, 0) is 5.75 Å². The molecule has 0 aliphatic rings. The Hall–Kier alpha value is -1.16. The highest BCUT2D eigenvalue weighted by atomic mass is 32.2. The first-order valence-electron chi connectivity index (χ1n) is 5.67. The number of carboxylic acid groups (broad SMARTS) is 1. The van der Waals surface area contributed by atoms with Crippen molar-refractivity contribution in [3.05, 3.63) is 29.3 Å². The number of benzene rings is 1. The van der Waals surface area contributed by atoms with E-state index < -0.39 is 5.97 Å². The number of hydrogen-bond donors (Lipinski definition) is 1. The Balaban J connectivity index is 2.66. The van der Waals surface area contributed by atoms with Crippen molar-refractivity contribution in [3.8, 4) is 5.75 Å². The van der Waals surface area contributed by atoms with Gasteiger partial charge < -0.3 is 9.84 Å². The van der Waals surface area contributed by atoms with E-state index in [2.05, 4.69) is 6.92 Å². The van der Waals surface area contributed by atoms with Gasteiger partial charge in [0.1, 0.15) is 11.3 Å². The van der Waals surface area contributed by atoms with E-state index in [1.54, 1.807) is 6.07 Å². The van der Waals surface area contributed by atoms with Gasteiger partial charge in [0.05, 0.1) is 7.11 Å². The van der Waals surface area contributed by atoms with Crippen molar-refractivity contribution >= 4 is 17.7 Å². The second kappa shape index (κ2) is 7.22. The first-order valence-corrected chi connectivity index (χ1v) is 6.82. The van der Waals surface area contributed by atoms with Crippen LogP contribution < -0.4 is 4.74 Å². The highest BCUT2D eigenvalue weighted by Crippen LogP contribution is 2.23. The minimum absolute atomic E-state index is 0.217. The van der Waals surface area contributed by atoms with Gasteiger partial charge in [-0.1, -0.05) is 19.4 Å². The SMILES string of the molecule is CCCCSCc1ccc(C(=O)O)c(OC)c1. The average Bonchev–Trinajstić information content (AvgIpc) is 2.34. The van der Waals surface area contributed by atoms with Crippen molar-refractivity contribution in [2.45, 2.75) is 25.5 Å². The van der Waals surface area contributed by atoms with Gasteiger partial charge in [0.2, 0.25) is 0 Å². The van der Waals surface area contributed by atoms with Crippen molar-refractivity contribution in [1.82, 2.24) is 0 Å². The molecular formula is C13H18O3S. The molecule has 1 rings (SSSR count). The molecular weight excluding hydrogens is 236 g/mol. The lowest BCUT2D eigenvalue weighted by molar-refractivity contribution is 0.0693. The molecule has 0 aliphatic heterocycles. The van der Waals surface area contributed by atoms with Crippen LogP contribution in [0.25, 0.3) is 0 Å². The predicted octanol–water partition coefficient (Wildman–Crippen LogP) is 3.43. The Morgan fingerprint density at radius 2 is 2.24 bits per heavy atom. The fraction of sp³-hybridized carbons (Fsp3) is 0.462. The molecule has 17 heavy (non-hydrogen) atoms. The van der Waals surface area contributed by atoms with Gasteiger partial charge in [-0.2, -0.15) is 11.8 Å². The van der Waals surface area contributed by atoms with Crippen LogP contribution in [0, 0.1) is 0 Å². The smallest absolute Gasteiger partial charge is 0.339 e. The number of methoxy groups -OCH3 is 1. The van der Waals surface area contributed by atoms with Crippen molar-refractivity contribution < 1.29 is 14.6 Å². The summed E-state index contributed by atoms with van der Waals surface area (Å²) in [6.45, 7) is 2.17. The zero-order valence-electron chi connectivity index (χ0n) is 10.2. The standard InChI is InChI=1S/C13H18O3S/c1-3-4-7-17-9-10-5-6-11(13(14)15)12(8-10)16-2/h5-6,8H,3-4,7,9H2,1-2H3,(H,14,15). The van der Waals surface area contributed by atoms with Crippen molar-refractivity contribution in [2.24, 2.45) is 0 Å². The van der Waals surface area contributed by atoms with Gasteiger partial charge in [-0.15, -0.1) is 0 Å². The van der Waals surface area contributed by atoms with E-state index in [-0.39, 0.29) is 5.56 Å². The maximum absolute atomic E-state index is 10.9. The van der Waals surface area contributed by atoms with Gasteiger partial charge in [0.25, 0.3) is 0 Å². The lowest BCUT2D eigenvalue weighted by Crippen LogP contribution is -2.01. The molecule has 0 unspecified atom stereocenters. The molecule has 0 saturated carbocycles. The summed E-state index contributed by atoms with van der Waals surface area (Å²) in [5, 5.41) is 8.95. The first kappa shape index (κ1) is 13.9. The minimum Gasteiger partial charge on any atom is -0.496 e. The van der Waals surface area contributed by atoms with E-state index in [1.165, 1.54) is 20.0 Å². The van der Waals surface area contributed by atoms with Crippen LogP contribution in [-0.4, -0.2) is 23.9 Å². The van der Waals surface area contributed by atoms with Crippen LogP contribution in [0.4, 0.5) is 0 Å². The number of carbonyl (C=O) groups is 1. The van der Waals surface area contributed by atoms with Gasteiger partial charge in [0, 0.05) is 5.75 Å². The lowest BCUT2D eigenvalue weighted by atomic mass is 10.1. The second-order valence-electron chi connectivity index (χ2n) is 3.75. The highest BCUT2D eigenvalue weighted by molar-refractivity contribution is 7.98. The molecule has 0 heterocycles. The predicted molar refractivity (Wildman–Crippen MR) is 71.0 cm³/mol. The number of aromatic carboxylic acids is 1. The van der Waals surface area contributed by atoms with Crippen LogP contribution in [0.1, 0.15) is 35.7 Å². The molecule has 94 valence electrons. The Morgan fingerprint density at radius 3 is 2.82 bits per heavy atom. The normalized spacial score (nSPS) is 10.2. The number of hydrogen-bond acceptors (Lipinski definition) is 3. The van der Waals surface area contributed by atoms with E-state index in [1.807, 2.05) is 23.9 Å². The summed E-state index contributed by atoms with van der Waals surface area (Å²) in [5.74, 6) is 1.52. The Kier molecular flexibility index (Phi) is 5.91. The third-order valence-corrected chi connectivity index (χ3v) is 3.52. The molecule has 4 heteroatoms. The molecule has 0 aromatic heterocycles. The zero-order valence-corrected chi connectivity index (χ0v) is 11.0. The Bertz CT molecular complexity index is 377. The molecule has 0 saturated heterocycles. The minimum atomic E-state index is -0.952. The summed E-state index contributed by atoms with van der Waals surface area (Å²) < 4.78 is 5.08. The topological polar surface area (TPSA) is 46.5 Å². The average molecular weight is 254 g/mol. The maximum atomic E-state index is 10.9. The number of thioether (sulfide) groups is 1.